The van der Waals surface area contributed by atoms with E-state index in [1.165, 1.54) is 58.4 Å². The molecule has 0 aromatic carbocycles. The number of hydrogen-bond acceptors (Lipinski definition) is 0. The standard InChI is InChI=1S/C11H24N2/c1-3-4-5-6-7-13-10-8-12(2)9-11-13/h3-11H2,1-2H3/p+2. The quantitative estimate of drug-likeness (QED) is 0.509. The van der Waals surface area contributed by atoms with Gasteiger partial charge in [-0.15, -0.1) is 0 Å². The van der Waals surface area contributed by atoms with E-state index in [2.05, 4.69) is 14.0 Å². The predicted octanol–water partition coefficient (Wildman–Crippen LogP) is -1.02. The third-order valence-electron chi connectivity index (χ3n) is 3.19. The molecular formula is C11H26N2+2. The molecule has 0 aromatic rings. The first-order valence-corrected chi connectivity index (χ1v) is 5.97. The summed E-state index contributed by atoms with van der Waals surface area (Å²) in [5.74, 6) is 0. The SMILES string of the molecule is CCCCCC[NH+]1CC[NH+](C)CC1. The lowest BCUT2D eigenvalue weighted by atomic mass is 10.2. The summed E-state index contributed by atoms with van der Waals surface area (Å²) in [5, 5.41) is 0. The Labute approximate surface area is 82.9 Å². The maximum atomic E-state index is 2.31. The highest BCUT2D eigenvalue weighted by atomic mass is 15.2. The molecule has 0 radical (unpaired) electrons. The van der Waals surface area contributed by atoms with Crippen LogP contribution in [0.2, 0.25) is 0 Å². The Balaban J connectivity index is 1.96. The molecule has 1 rings (SSSR count). The van der Waals surface area contributed by atoms with Crippen molar-refractivity contribution in [2.24, 2.45) is 0 Å². The molecule has 0 bridgehead atoms. The normalized spacial score (nSPS) is 29.1. The van der Waals surface area contributed by atoms with Crippen LogP contribution in [0.15, 0.2) is 0 Å². The van der Waals surface area contributed by atoms with Crippen LogP contribution in [-0.4, -0.2) is 39.8 Å². The number of rotatable bonds is 5. The van der Waals surface area contributed by atoms with Crippen molar-refractivity contribution in [3.8, 4) is 0 Å². The minimum atomic E-state index is 1.36. The maximum absolute atomic E-state index is 2.31. The lowest BCUT2D eigenvalue weighted by Crippen LogP contribution is -3.27. The van der Waals surface area contributed by atoms with Crippen molar-refractivity contribution < 1.29 is 9.80 Å². The van der Waals surface area contributed by atoms with E-state index in [1.54, 1.807) is 4.90 Å². The number of piperazine rings is 1. The Hall–Kier alpha value is -0.0800. The van der Waals surface area contributed by atoms with Gasteiger partial charge in [0.25, 0.3) is 0 Å². The average molecular weight is 186 g/mol. The molecule has 78 valence electrons. The van der Waals surface area contributed by atoms with Crippen molar-refractivity contribution in [1.82, 2.24) is 0 Å². The van der Waals surface area contributed by atoms with Gasteiger partial charge in [-0.1, -0.05) is 19.8 Å². The van der Waals surface area contributed by atoms with Crippen LogP contribution in [0.4, 0.5) is 0 Å². The average Bonchev–Trinajstić information content (AvgIpc) is 2.15. The van der Waals surface area contributed by atoms with Gasteiger partial charge in [0.05, 0.1) is 13.6 Å². The topological polar surface area (TPSA) is 8.88 Å². The summed E-state index contributed by atoms with van der Waals surface area (Å²) >= 11 is 0. The van der Waals surface area contributed by atoms with Gasteiger partial charge in [0.2, 0.25) is 0 Å². The first kappa shape index (κ1) is 11.0. The molecule has 0 unspecified atom stereocenters. The highest BCUT2D eigenvalue weighted by molar-refractivity contribution is 4.41. The molecular weight excluding hydrogens is 160 g/mol. The summed E-state index contributed by atoms with van der Waals surface area (Å²) in [6.07, 6.45) is 5.69. The second-order valence-electron chi connectivity index (χ2n) is 4.52. The molecule has 0 aliphatic carbocycles. The highest BCUT2D eigenvalue weighted by Crippen LogP contribution is 1.95. The number of likely N-dealkylation sites (N-methyl/N-ethyl adjacent to an activating group) is 1. The fourth-order valence-corrected chi connectivity index (χ4v) is 2.08. The molecule has 13 heavy (non-hydrogen) atoms. The summed E-state index contributed by atoms with van der Waals surface area (Å²) < 4.78 is 0. The Morgan fingerprint density at radius 1 is 0.923 bits per heavy atom. The van der Waals surface area contributed by atoms with Gasteiger partial charge in [-0.05, 0) is 12.8 Å². The number of hydrogen-bond donors (Lipinski definition) is 2. The van der Waals surface area contributed by atoms with Crippen molar-refractivity contribution in [2.75, 3.05) is 39.8 Å². The highest BCUT2D eigenvalue weighted by Gasteiger charge is 2.18. The van der Waals surface area contributed by atoms with Crippen molar-refractivity contribution in [3.63, 3.8) is 0 Å². The zero-order chi connectivity index (χ0) is 9.52. The lowest BCUT2D eigenvalue weighted by molar-refractivity contribution is -1.00. The van der Waals surface area contributed by atoms with Gasteiger partial charge in [-0.25, -0.2) is 0 Å². The molecule has 1 aliphatic heterocycles. The Morgan fingerprint density at radius 2 is 1.62 bits per heavy atom. The van der Waals surface area contributed by atoms with E-state index >= 15 is 0 Å². The van der Waals surface area contributed by atoms with Gasteiger partial charge in [0.15, 0.2) is 0 Å². The zero-order valence-electron chi connectivity index (χ0n) is 9.36. The van der Waals surface area contributed by atoms with Crippen LogP contribution in [0.1, 0.15) is 32.6 Å². The summed E-state index contributed by atoms with van der Waals surface area (Å²) in [6, 6.07) is 0. The minimum Gasteiger partial charge on any atom is -0.328 e. The first-order chi connectivity index (χ1) is 6.33. The van der Waals surface area contributed by atoms with Crippen molar-refractivity contribution >= 4 is 0 Å². The summed E-state index contributed by atoms with van der Waals surface area (Å²) in [6.45, 7) is 9.27. The fourth-order valence-electron chi connectivity index (χ4n) is 2.08. The monoisotopic (exact) mass is 186 g/mol. The van der Waals surface area contributed by atoms with E-state index in [0.717, 1.165) is 0 Å². The predicted molar refractivity (Wildman–Crippen MR) is 56.3 cm³/mol. The molecule has 0 spiro atoms. The molecule has 2 nitrogen and oxygen atoms in total. The molecule has 1 fully saturated rings. The van der Waals surface area contributed by atoms with Gasteiger partial charge >= 0.3 is 0 Å². The number of quaternary nitrogens is 2. The van der Waals surface area contributed by atoms with Crippen molar-refractivity contribution in [1.29, 1.82) is 0 Å². The molecule has 0 amide bonds. The Kier molecular flexibility index (Phi) is 5.40. The van der Waals surface area contributed by atoms with Crippen LogP contribution in [0, 0.1) is 0 Å². The first-order valence-electron chi connectivity index (χ1n) is 5.97. The third kappa shape index (κ3) is 4.63. The van der Waals surface area contributed by atoms with Gasteiger partial charge < -0.3 is 9.80 Å². The number of unbranched alkanes of at least 4 members (excludes halogenated alkanes) is 3. The molecule has 1 saturated heterocycles. The van der Waals surface area contributed by atoms with Gasteiger partial charge in [-0.2, -0.15) is 0 Å². The van der Waals surface area contributed by atoms with Gasteiger partial charge in [0.1, 0.15) is 26.2 Å². The van der Waals surface area contributed by atoms with Crippen LogP contribution >= 0.6 is 0 Å². The van der Waals surface area contributed by atoms with E-state index in [-0.39, 0.29) is 0 Å². The Bertz CT molecular complexity index is 117. The summed E-state index contributed by atoms with van der Waals surface area (Å²) in [4.78, 5) is 3.57. The van der Waals surface area contributed by atoms with Crippen LogP contribution in [0.3, 0.4) is 0 Å². The van der Waals surface area contributed by atoms with E-state index in [0.29, 0.717) is 0 Å². The fraction of sp³-hybridized carbons (Fsp3) is 1.00. The molecule has 0 atom stereocenters. The molecule has 2 N–H and O–H groups in total. The Morgan fingerprint density at radius 3 is 2.23 bits per heavy atom. The summed E-state index contributed by atoms with van der Waals surface area (Å²) in [7, 11) is 2.31. The van der Waals surface area contributed by atoms with Crippen LogP contribution < -0.4 is 9.80 Å². The van der Waals surface area contributed by atoms with Crippen LogP contribution in [0.5, 0.6) is 0 Å². The van der Waals surface area contributed by atoms with E-state index in [9.17, 15) is 0 Å². The largest absolute Gasteiger partial charge is 0.328 e. The second-order valence-corrected chi connectivity index (χ2v) is 4.52. The zero-order valence-corrected chi connectivity index (χ0v) is 9.36. The molecule has 1 aliphatic rings. The summed E-state index contributed by atoms with van der Waals surface area (Å²) in [5.41, 5.74) is 0. The second kappa shape index (κ2) is 6.39. The number of nitrogens with one attached hydrogen (secondary N) is 2. The van der Waals surface area contributed by atoms with E-state index < -0.39 is 0 Å². The molecule has 1 heterocycles. The smallest absolute Gasteiger partial charge is 0.127 e. The van der Waals surface area contributed by atoms with Crippen LogP contribution in [0.25, 0.3) is 0 Å². The third-order valence-corrected chi connectivity index (χ3v) is 3.19. The van der Waals surface area contributed by atoms with E-state index in [1.807, 2.05) is 4.90 Å². The van der Waals surface area contributed by atoms with Gasteiger partial charge in [-0.3, -0.25) is 0 Å². The van der Waals surface area contributed by atoms with E-state index in [4.69, 9.17) is 0 Å². The van der Waals surface area contributed by atoms with Crippen molar-refractivity contribution in [3.05, 3.63) is 0 Å². The lowest BCUT2D eigenvalue weighted by Gasteiger charge is -2.27. The molecule has 2 heteroatoms. The van der Waals surface area contributed by atoms with Crippen LogP contribution in [-0.2, 0) is 0 Å². The minimum absolute atomic E-state index is 1.36. The van der Waals surface area contributed by atoms with Crippen molar-refractivity contribution in [2.45, 2.75) is 32.6 Å². The maximum Gasteiger partial charge on any atom is 0.127 e. The molecule has 0 aromatic heterocycles. The van der Waals surface area contributed by atoms with Gasteiger partial charge in [0, 0.05) is 0 Å². The molecule has 0 saturated carbocycles.